The summed E-state index contributed by atoms with van der Waals surface area (Å²) in [4.78, 5) is 6.84. The summed E-state index contributed by atoms with van der Waals surface area (Å²) < 4.78 is 2.03. The van der Waals surface area contributed by atoms with Gasteiger partial charge in [-0.3, -0.25) is 4.40 Å². The number of rotatable bonds is 2. The second-order valence-electron chi connectivity index (χ2n) is 5.45. The molecule has 4 rings (SSSR count). The van der Waals surface area contributed by atoms with Gasteiger partial charge in [0.15, 0.2) is 0 Å². The first-order valence-corrected chi connectivity index (χ1v) is 9.42. The molecule has 0 N–H and O–H groups in total. The van der Waals surface area contributed by atoms with Crippen LogP contribution in [-0.2, 0) is 0 Å². The smallest absolute Gasteiger partial charge is 0.137 e. The summed E-state index contributed by atoms with van der Waals surface area (Å²) >= 11 is 20.1. The molecule has 3 heterocycles. The Labute approximate surface area is 158 Å². The molecule has 24 heavy (non-hydrogen) atoms. The lowest BCUT2D eigenvalue weighted by Crippen LogP contribution is -2.18. The number of pyridine rings is 1. The van der Waals surface area contributed by atoms with Crippen molar-refractivity contribution in [2.24, 2.45) is 0 Å². The maximum Gasteiger partial charge on any atom is 0.137 e. The van der Waals surface area contributed by atoms with Crippen molar-refractivity contribution in [1.82, 2.24) is 9.38 Å². The van der Waals surface area contributed by atoms with Crippen molar-refractivity contribution in [3.05, 3.63) is 68.4 Å². The predicted molar refractivity (Wildman–Crippen MR) is 104 cm³/mol. The minimum atomic E-state index is 0.545. The highest BCUT2D eigenvalue weighted by Gasteiger charge is 2.24. The van der Waals surface area contributed by atoms with Crippen molar-refractivity contribution in [3.8, 4) is 0 Å². The highest BCUT2D eigenvalue weighted by Crippen LogP contribution is 2.39. The molecule has 0 bridgehead atoms. The van der Waals surface area contributed by atoms with E-state index in [4.69, 9.17) is 34.8 Å². The second-order valence-corrected chi connectivity index (χ2v) is 7.52. The molecule has 1 aromatic carbocycles. The standard InChI is InChI=1S/C17H12Cl3N3S/c1-10-17(22-7-11(18)2-5-16(22)21-10)15-8-24-9-23(15)12-3-4-13(19)14(20)6-12/h2-8H,9H2,1H3. The molecule has 122 valence electrons. The van der Waals surface area contributed by atoms with E-state index in [-0.39, 0.29) is 0 Å². The van der Waals surface area contributed by atoms with Crippen molar-refractivity contribution < 1.29 is 0 Å². The normalized spacial score (nSPS) is 14.5. The first kappa shape index (κ1) is 16.2. The lowest BCUT2D eigenvalue weighted by molar-refractivity contribution is 1.10. The van der Waals surface area contributed by atoms with Crippen molar-refractivity contribution in [3.63, 3.8) is 0 Å². The summed E-state index contributed by atoms with van der Waals surface area (Å²) in [6.07, 6.45) is 1.89. The lowest BCUT2D eigenvalue weighted by Gasteiger charge is -2.22. The Balaban J connectivity index is 1.85. The van der Waals surface area contributed by atoms with Crippen molar-refractivity contribution in [2.75, 3.05) is 10.8 Å². The van der Waals surface area contributed by atoms with E-state index in [0.717, 1.165) is 34.3 Å². The zero-order valence-corrected chi connectivity index (χ0v) is 15.7. The third-order valence-electron chi connectivity index (χ3n) is 3.90. The molecule has 1 aliphatic rings. The zero-order chi connectivity index (χ0) is 16.8. The van der Waals surface area contributed by atoms with Crippen LogP contribution in [-0.4, -0.2) is 15.3 Å². The highest BCUT2D eigenvalue weighted by molar-refractivity contribution is 8.02. The molecule has 0 saturated carbocycles. The molecule has 3 aromatic rings. The molecular formula is C17H12Cl3N3S. The summed E-state index contributed by atoms with van der Waals surface area (Å²) in [5.41, 5.74) is 4.93. The van der Waals surface area contributed by atoms with Gasteiger partial charge < -0.3 is 4.90 Å². The van der Waals surface area contributed by atoms with Crippen LogP contribution in [0.25, 0.3) is 11.3 Å². The van der Waals surface area contributed by atoms with E-state index in [1.54, 1.807) is 11.8 Å². The Kier molecular flexibility index (Phi) is 4.17. The van der Waals surface area contributed by atoms with Crippen molar-refractivity contribution in [2.45, 2.75) is 6.92 Å². The van der Waals surface area contributed by atoms with Gasteiger partial charge in [-0.2, -0.15) is 0 Å². The van der Waals surface area contributed by atoms with Crippen LogP contribution in [0, 0.1) is 6.92 Å². The van der Waals surface area contributed by atoms with Gasteiger partial charge in [-0.25, -0.2) is 4.98 Å². The molecule has 0 aliphatic carbocycles. The Morgan fingerprint density at radius 2 is 1.92 bits per heavy atom. The van der Waals surface area contributed by atoms with Crippen LogP contribution < -0.4 is 4.90 Å². The van der Waals surface area contributed by atoms with Gasteiger partial charge in [0.25, 0.3) is 0 Å². The first-order valence-electron chi connectivity index (χ1n) is 7.23. The average molecular weight is 397 g/mol. The van der Waals surface area contributed by atoms with Gasteiger partial charge in [-0.15, -0.1) is 11.8 Å². The molecule has 0 spiro atoms. The maximum absolute atomic E-state index is 6.19. The van der Waals surface area contributed by atoms with E-state index in [1.807, 2.05) is 47.9 Å². The Morgan fingerprint density at radius 3 is 2.71 bits per heavy atom. The zero-order valence-electron chi connectivity index (χ0n) is 12.6. The number of aromatic nitrogens is 2. The Bertz CT molecular complexity index is 981. The summed E-state index contributed by atoms with van der Waals surface area (Å²) in [7, 11) is 0. The minimum Gasteiger partial charge on any atom is -0.329 e. The van der Waals surface area contributed by atoms with Gasteiger partial charge in [0.1, 0.15) is 5.65 Å². The average Bonchev–Trinajstić information content (AvgIpc) is 3.13. The van der Waals surface area contributed by atoms with Crippen LogP contribution >= 0.6 is 46.6 Å². The number of fused-ring (bicyclic) bond motifs is 1. The molecule has 0 atom stereocenters. The van der Waals surface area contributed by atoms with Crippen LogP contribution in [0.1, 0.15) is 11.4 Å². The Hall–Kier alpha value is -1.33. The number of thioether (sulfide) groups is 1. The fourth-order valence-corrected chi connectivity index (χ4v) is 4.18. The predicted octanol–water partition coefficient (Wildman–Crippen LogP) is 6.11. The van der Waals surface area contributed by atoms with E-state index in [9.17, 15) is 0 Å². The molecule has 0 saturated heterocycles. The number of aryl methyl sites for hydroxylation is 1. The van der Waals surface area contributed by atoms with Crippen molar-refractivity contribution in [1.29, 1.82) is 0 Å². The summed E-state index contributed by atoms with van der Waals surface area (Å²) in [6.45, 7) is 2.01. The van der Waals surface area contributed by atoms with E-state index >= 15 is 0 Å². The SMILES string of the molecule is Cc1nc2ccc(Cl)cn2c1C1=CSCN1c1ccc(Cl)c(Cl)c1. The van der Waals surface area contributed by atoms with E-state index in [1.165, 1.54) is 0 Å². The highest BCUT2D eigenvalue weighted by atomic mass is 35.5. The van der Waals surface area contributed by atoms with Crippen LogP contribution in [0.3, 0.4) is 0 Å². The number of halogens is 3. The monoisotopic (exact) mass is 395 g/mol. The number of hydrogen-bond donors (Lipinski definition) is 0. The lowest BCUT2D eigenvalue weighted by atomic mass is 10.2. The molecule has 2 aromatic heterocycles. The maximum atomic E-state index is 6.19. The fraction of sp³-hybridized carbons (Fsp3) is 0.118. The van der Waals surface area contributed by atoms with Crippen LogP contribution in [0.15, 0.2) is 41.9 Å². The van der Waals surface area contributed by atoms with E-state index < -0.39 is 0 Å². The number of imidazole rings is 1. The van der Waals surface area contributed by atoms with E-state index in [0.29, 0.717) is 15.1 Å². The first-order chi connectivity index (χ1) is 11.5. The molecular weight excluding hydrogens is 385 g/mol. The summed E-state index contributed by atoms with van der Waals surface area (Å²) in [6, 6.07) is 9.44. The van der Waals surface area contributed by atoms with Crippen LogP contribution in [0.5, 0.6) is 0 Å². The van der Waals surface area contributed by atoms with E-state index in [2.05, 4.69) is 15.3 Å². The number of nitrogens with zero attached hydrogens (tertiary/aromatic N) is 3. The fourth-order valence-electron chi connectivity index (χ4n) is 2.82. The van der Waals surface area contributed by atoms with Gasteiger partial charge in [-0.1, -0.05) is 34.8 Å². The number of benzene rings is 1. The van der Waals surface area contributed by atoms with Gasteiger partial charge in [0, 0.05) is 11.9 Å². The Morgan fingerprint density at radius 1 is 1.08 bits per heavy atom. The minimum absolute atomic E-state index is 0.545. The van der Waals surface area contributed by atoms with Crippen molar-refractivity contribution >= 4 is 63.6 Å². The largest absolute Gasteiger partial charge is 0.329 e. The third-order valence-corrected chi connectivity index (χ3v) is 5.66. The van der Waals surface area contributed by atoms with Crippen LogP contribution in [0.4, 0.5) is 5.69 Å². The van der Waals surface area contributed by atoms with Crippen LogP contribution in [0.2, 0.25) is 15.1 Å². The molecule has 3 nitrogen and oxygen atoms in total. The molecule has 0 amide bonds. The van der Waals surface area contributed by atoms with Gasteiger partial charge in [0.05, 0.1) is 38.0 Å². The molecule has 0 radical (unpaired) electrons. The number of anilines is 1. The molecule has 0 fully saturated rings. The van der Waals surface area contributed by atoms with Gasteiger partial charge >= 0.3 is 0 Å². The second kappa shape index (κ2) is 6.19. The quantitative estimate of drug-likeness (QED) is 0.521. The number of hydrogen-bond acceptors (Lipinski definition) is 3. The van der Waals surface area contributed by atoms with Gasteiger partial charge in [-0.05, 0) is 42.7 Å². The summed E-state index contributed by atoms with van der Waals surface area (Å²) in [5.74, 6) is 0.806. The topological polar surface area (TPSA) is 20.5 Å². The molecule has 7 heteroatoms. The molecule has 0 unspecified atom stereocenters. The summed E-state index contributed by atoms with van der Waals surface area (Å²) in [5, 5.41) is 3.91. The van der Waals surface area contributed by atoms with Gasteiger partial charge in [0.2, 0.25) is 0 Å². The molecule has 1 aliphatic heterocycles. The third kappa shape index (κ3) is 2.68.